The van der Waals surface area contributed by atoms with E-state index in [1.165, 1.54) is 0 Å². The van der Waals surface area contributed by atoms with Crippen LogP contribution in [0.4, 0.5) is 6.01 Å². The fourth-order valence-electron chi connectivity index (χ4n) is 1.94. The summed E-state index contributed by atoms with van der Waals surface area (Å²) in [6.07, 6.45) is 1.98. The van der Waals surface area contributed by atoms with Crippen molar-refractivity contribution < 1.29 is 9.52 Å². The topological polar surface area (TPSA) is 74.4 Å². The van der Waals surface area contributed by atoms with Gasteiger partial charge in [-0.25, -0.2) is 0 Å². The fourth-order valence-corrected chi connectivity index (χ4v) is 1.94. The van der Waals surface area contributed by atoms with Gasteiger partial charge in [-0.3, -0.25) is 0 Å². The van der Waals surface area contributed by atoms with Gasteiger partial charge in [-0.05, 0) is 19.4 Å². The molecule has 0 amide bonds. The Morgan fingerprint density at radius 2 is 2.00 bits per heavy atom. The zero-order valence-electron chi connectivity index (χ0n) is 11.5. The predicted octanol–water partition coefficient (Wildman–Crippen LogP) is 1.17. The number of anilines is 1. The Bertz CT molecular complexity index is 326. The lowest BCUT2D eigenvalue weighted by atomic mass is 10.1. The molecule has 0 aromatic carbocycles. The van der Waals surface area contributed by atoms with E-state index < -0.39 is 0 Å². The third kappa shape index (κ3) is 3.96. The summed E-state index contributed by atoms with van der Waals surface area (Å²) in [5, 5.41) is 20.4. The minimum atomic E-state index is 0.0847. The first-order valence-corrected chi connectivity index (χ1v) is 6.67. The molecule has 0 unspecified atom stereocenters. The van der Waals surface area contributed by atoms with Crippen LogP contribution in [-0.2, 0) is 6.54 Å². The Hall–Kier alpha value is -1.14. The van der Waals surface area contributed by atoms with Gasteiger partial charge in [0.05, 0.1) is 13.2 Å². The Morgan fingerprint density at radius 1 is 1.28 bits per heavy atom. The molecule has 0 aliphatic rings. The predicted molar refractivity (Wildman–Crippen MR) is 70.5 cm³/mol. The van der Waals surface area contributed by atoms with Crippen LogP contribution in [0, 0.1) is 0 Å². The van der Waals surface area contributed by atoms with E-state index in [1.807, 2.05) is 11.8 Å². The normalized spacial score (nSPS) is 11.2. The maximum Gasteiger partial charge on any atom is 0.318 e. The maximum absolute atomic E-state index is 9.14. The highest BCUT2D eigenvalue weighted by molar-refractivity contribution is 5.26. The summed E-state index contributed by atoms with van der Waals surface area (Å²) in [6.45, 7) is 8.32. The Labute approximate surface area is 108 Å². The number of aliphatic hydroxyl groups is 1. The number of rotatable bonds is 9. The average Bonchev–Trinajstić information content (AvgIpc) is 2.85. The van der Waals surface area contributed by atoms with E-state index in [9.17, 15) is 0 Å². The number of nitrogens with one attached hydrogen (secondary N) is 1. The van der Waals surface area contributed by atoms with Gasteiger partial charge in [0.25, 0.3) is 0 Å². The van der Waals surface area contributed by atoms with E-state index >= 15 is 0 Å². The van der Waals surface area contributed by atoms with Gasteiger partial charge in [-0.1, -0.05) is 25.9 Å². The summed E-state index contributed by atoms with van der Waals surface area (Å²) in [5.74, 6) is 0.584. The molecule has 1 rings (SSSR count). The molecule has 6 heteroatoms. The first kappa shape index (κ1) is 14.9. The van der Waals surface area contributed by atoms with Gasteiger partial charge in [-0.15, -0.1) is 5.10 Å². The van der Waals surface area contributed by atoms with Crippen molar-refractivity contribution in [2.45, 2.75) is 46.2 Å². The third-order valence-electron chi connectivity index (χ3n) is 2.95. The fraction of sp³-hybridized carbons (Fsp3) is 0.833. The summed E-state index contributed by atoms with van der Waals surface area (Å²) in [6, 6.07) is 0.829. The quantitative estimate of drug-likeness (QED) is 0.691. The summed E-state index contributed by atoms with van der Waals surface area (Å²) in [5.41, 5.74) is 0. The van der Waals surface area contributed by atoms with Crippen LogP contribution in [0.2, 0.25) is 0 Å². The van der Waals surface area contributed by atoms with Crippen LogP contribution in [0.1, 0.15) is 39.5 Å². The van der Waals surface area contributed by atoms with Crippen molar-refractivity contribution in [2.75, 3.05) is 24.6 Å². The summed E-state index contributed by atoms with van der Waals surface area (Å²) in [4.78, 5) is 1.99. The molecule has 0 aliphatic heterocycles. The standard InChI is InChI=1S/C12H24N4O2/c1-4-10(5-2)16(7-8-17)12-15-14-11(18-12)9-13-6-3/h10,13,17H,4-9H2,1-3H3. The Kier molecular flexibility index (Phi) is 6.67. The van der Waals surface area contributed by atoms with Gasteiger partial charge >= 0.3 is 6.01 Å². The monoisotopic (exact) mass is 256 g/mol. The molecule has 0 saturated carbocycles. The SMILES string of the molecule is CCNCc1nnc(N(CCO)C(CC)CC)o1. The zero-order chi connectivity index (χ0) is 13.4. The van der Waals surface area contributed by atoms with Crippen LogP contribution in [0.15, 0.2) is 4.42 Å². The highest BCUT2D eigenvalue weighted by Gasteiger charge is 2.20. The average molecular weight is 256 g/mol. The smallest absolute Gasteiger partial charge is 0.318 e. The van der Waals surface area contributed by atoms with Crippen molar-refractivity contribution in [3.05, 3.63) is 5.89 Å². The van der Waals surface area contributed by atoms with Gasteiger partial charge in [0.2, 0.25) is 5.89 Å². The minimum Gasteiger partial charge on any atom is -0.407 e. The zero-order valence-corrected chi connectivity index (χ0v) is 11.5. The van der Waals surface area contributed by atoms with Crippen LogP contribution in [0.5, 0.6) is 0 Å². The van der Waals surface area contributed by atoms with Crippen LogP contribution in [0.3, 0.4) is 0 Å². The molecular formula is C12H24N4O2. The number of aromatic nitrogens is 2. The molecule has 1 aromatic rings. The molecule has 18 heavy (non-hydrogen) atoms. The third-order valence-corrected chi connectivity index (χ3v) is 2.95. The molecule has 0 atom stereocenters. The van der Waals surface area contributed by atoms with Crippen LogP contribution < -0.4 is 10.2 Å². The molecule has 0 radical (unpaired) electrons. The highest BCUT2D eigenvalue weighted by atomic mass is 16.4. The summed E-state index contributed by atoms with van der Waals surface area (Å²) < 4.78 is 5.62. The second-order valence-electron chi connectivity index (χ2n) is 4.15. The van der Waals surface area contributed by atoms with Crippen LogP contribution in [-0.4, -0.2) is 41.0 Å². The van der Waals surface area contributed by atoms with Crippen molar-refractivity contribution in [1.29, 1.82) is 0 Å². The molecule has 104 valence electrons. The molecule has 2 N–H and O–H groups in total. The lowest BCUT2D eigenvalue weighted by Gasteiger charge is -2.27. The van der Waals surface area contributed by atoms with E-state index in [4.69, 9.17) is 9.52 Å². The van der Waals surface area contributed by atoms with E-state index in [0.29, 0.717) is 31.0 Å². The van der Waals surface area contributed by atoms with Gasteiger partial charge in [-0.2, -0.15) is 0 Å². The Balaban J connectivity index is 2.75. The Morgan fingerprint density at radius 3 is 2.56 bits per heavy atom. The van der Waals surface area contributed by atoms with Crippen molar-refractivity contribution in [2.24, 2.45) is 0 Å². The summed E-state index contributed by atoms with van der Waals surface area (Å²) in [7, 11) is 0. The first-order chi connectivity index (χ1) is 8.76. The molecule has 0 aliphatic carbocycles. The van der Waals surface area contributed by atoms with E-state index in [2.05, 4.69) is 29.4 Å². The largest absolute Gasteiger partial charge is 0.407 e. The lowest BCUT2D eigenvalue weighted by Crippen LogP contribution is -2.37. The molecule has 0 bridgehead atoms. The number of nitrogens with zero attached hydrogens (tertiary/aromatic N) is 3. The van der Waals surface area contributed by atoms with Crippen molar-refractivity contribution in [3.8, 4) is 0 Å². The second kappa shape index (κ2) is 8.05. The molecule has 0 fully saturated rings. The molecular weight excluding hydrogens is 232 g/mol. The van der Waals surface area contributed by atoms with Crippen LogP contribution >= 0.6 is 0 Å². The van der Waals surface area contributed by atoms with Gasteiger partial charge in [0.15, 0.2) is 0 Å². The van der Waals surface area contributed by atoms with Crippen LogP contribution in [0.25, 0.3) is 0 Å². The number of aliphatic hydroxyl groups excluding tert-OH is 1. The van der Waals surface area contributed by atoms with Crippen molar-refractivity contribution >= 4 is 6.01 Å². The minimum absolute atomic E-state index is 0.0847. The van der Waals surface area contributed by atoms with Gasteiger partial charge in [0.1, 0.15) is 0 Å². The lowest BCUT2D eigenvalue weighted by molar-refractivity contribution is 0.290. The molecule has 0 saturated heterocycles. The number of hydrogen-bond donors (Lipinski definition) is 2. The first-order valence-electron chi connectivity index (χ1n) is 6.67. The maximum atomic E-state index is 9.14. The van der Waals surface area contributed by atoms with Crippen molar-refractivity contribution in [1.82, 2.24) is 15.5 Å². The molecule has 6 nitrogen and oxygen atoms in total. The highest BCUT2D eigenvalue weighted by Crippen LogP contribution is 2.18. The van der Waals surface area contributed by atoms with Gasteiger partial charge < -0.3 is 19.7 Å². The molecule has 1 heterocycles. The van der Waals surface area contributed by atoms with Crippen molar-refractivity contribution in [3.63, 3.8) is 0 Å². The molecule has 0 spiro atoms. The number of hydrogen-bond acceptors (Lipinski definition) is 6. The second-order valence-corrected chi connectivity index (χ2v) is 4.15. The van der Waals surface area contributed by atoms with E-state index in [0.717, 1.165) is 19.4 Å². The van der Waals surface area contributed by atoms with E-state index in [1.54, 1.807) is 0 Å². The summed E-state index contributed by atoms with van der Waals surface area (Å²) >= 11 is 0. The molecule has 1 aromatic heterocycles. The van der Waals surface area contributed by atoms with E-state index in [-0.39, 0.29) is 6.61 Å². The van der Waals surface area contributed by atoms with Gasteiger partial charge in [0, 0.05) is 12.6 Å².